The molecular formula is C19H31N3O2. The summed E-state index contributed by atoms with van der Waals surface area (Å²) in [5.74, 6) is 0. The maximum atomic E-state index is 12.5. The van der Waals surface area contributed by atoms with Crippen molar-refractivity contribution in [1.29, 1.82) is 0 Å². The number of carbonyl (C=O) groups excluding carboxylic acids is 1. The van der Waals surface area contributed by atoms with Crippen LogP contribution in [0.15, 0.2) is 30.3 Å². The van der Waals surface area contributed by atoms with Gasteiger partial charge in [-0.25, -0.2) is 4.79 Å². The van der Waals surface area contributed by atoms with Crippen molar-refractivity contribution < 1.29 is 9.53 Å². The molecule has 1 aromatic carbocycles. The summed E-state index contributed by atoms with van der Waals surface area (Å²) in [7, 11) is 1.71. The average Bonchev–Trinajstić information content (AvgIpc) is 2.81. The van der Waals surface area contributed by atoms with Crippen LogP contribution < -0.4 is 10.2 Å². The molecule has 1 aliphatic rings. The van der Waals surface area contributed by atoms with E-state index in [4.69, 9.17) is 4.74 Å². The van der Waals surface area contributed by atoms with Gasteiger partial charge in [0.15, 0.2) is 0 Å². The molecule has 1 N–H and O–H groups in total. The zero-order valence-corrected chi connectivity index (χ0v) is 15.4. The Labute approximate surface area is 146 Å². The van der Waals surface area contributed by atoms with Crippen LogP contribution in [-0.2, 0) is 4.74 Å². The minimum Gasteiger partial charge on any atom is -0.379 e. The summed E-state index contributed by atoms with van der Waals surface area (Å²) in [6.45, 7) is 9.53. The van der Waals surface area contributed by atoms with E-state index in [2.05, 4.69) is 34.5 Å². The number of anilines is 1. The summed E-state index contributed by atoms with van der Waals surface area (Å²) in [4.78, 5) is 16.8. The maximum Gasteiger partial charge on any atom is 0.317 e. The monoisotopic (exact) mass is 333 g/mol. The lowest BCUT2D eigenvalue weighted by molar-refractivity contribution is 0.00916. The summed E-state index contributed by atoms with van der Waals surface area (Å²) in [6.07, 6.45) is 1.78. The van der Waals surface area contributed by atoms with Crippen molar-refractivity contribution in [2.24, 2.45) is 0 Å². The molecule has 1 saturated heterocycles. The van der Waals surface area contributed by atoms with E-state index < -0.39 is 0 Å². The van der Waals surface area contributed by atoms with Gasteiger partial charge in [-0.2, -0.15) is 0 Å². The lowest BCUT2D eigenvalue weighted by atomic mass is 10.00. The number of benzene rings is 1. The van der Waals surface area contributed by atoms with Crippen LogP contribution in [-0.4, -0.2) is 55.9 Å². The lowest BCUT2D eigenvalue weighted by Crippen LogP contribution is -2.47. The topological polar surface area (TPSA) is 44.8 Å². The molecule has 5 nitrogen and oxygen atoms in total. The number of hydrogen-bond donors (Lipinski definition) is 1. The second-order valence-electron chi connectivity index (χ2n) is 7.18. The fourth-order valence-corrected chi connectivity index (χ4v) is 3.19. The first-order valence-corrected chi connectivity index (χ1v) is 8.82. The Balaban J connectivity index is 1.85. The quantitative estimate of drug-likeness (QED) is 0.900. The summed E-state index contributed by atoms with van der Waals surface area (Å²) in [5, 5.41) is 3.11. The molecule has 0 aliphatic carbocycles. The first-order chi connectivity index (χ1) is 11.4. The van der Waals surface area contributed by atoms with Gasteiger partial charge in [-0.05, 0) is 45.7 Å². The fourth-order valence-electron chi connectivity index (χ4n) is 3.19. The molecule has 1 heterocycles. The number of para-hydroxylation sites is 1. The van der Waals surface area contributed by atoms with Crippen LogP contribution in [0.5, 0.6) is 0 Å². The van der Waals surface area contributed by atoms with Gasteiger partial charge in [-0.15, -0.1) is 0 Å². The van der Waals surface area contributed by atoms with Gasteiger partial charge < -0.3 is 19.9 Å². The standard InChI is InChI=1S/C19H31N3O2/c1-16(15-19(2,3)24-4)20-18(23)22-12-8-11-21(13-14-22)17-9-6-5-7-10-17/h5-7,9-10,16H,8,11-15H2,1-4H3,(H,20,23)/t16-/m0/s1. The number of methoxy groups -OCH3 is 1. The van der Waals surface area contributed by atoms with Gasteiger partial charge in [0.25, 0.3) is 0 Å². The molecule has 134 valence electrons. The third-order valence-corrected chi connectivity index (χ3v) is 4.62. The van der Waals surface area contributed by atoms with Crippen molar-refractivity contribution in [3.05, 3.63) is 30.3 Å². The number of hydrogen-bond acceptors (Lipinski definition) is 3. The molecule has 1 fully saturated rings. The van der Waals surface area contributed by atoms with Gasteiger partial charge in [0.2, 0.25) is 0 Å². The smallest absolute Gasteiger partial charge is 0.317 e. The van der Waals surface area contributed by atoms with Crippen LogP contribution in [0.1, 0.15) is 33.6 Å². The second kappa shape index (κ2) is 8.38. The highest BCUT2D eigenvalue weighted by Crippen LogP contribution is 2.17. The largest absolute Gasteiger partial charge is 0.379 e. The molecule has 2 amide bonds. The highest BCUT2D eigenvalue weighted by atomic mass is 16.5. The Morgan fingerprint density at radius 1 is 1.21 bits per heavy atom. The van der Waals surface area contributed by atoms with Crippen LogP contribution in [0, 0.1) is 0 Å². The zero-order valence-electron chi connectivity index (χ0n) is 15.4. The molecule has 1 aromatic rings. The number of nitrogens with zero attached hydrogens (tertiary/aromatic N) is 2. The maximum absolute atomic E-state index is 12.5. The van der Waals surface area contributed by atoms with Gasteiger partial charge in [0.1, 0.15) is 0 Å². The second-order valence-corrected chi connectivity index (χ2v) is 7.18. The molecule has 24 heavy (non-hydrogen) atoms. The zero-order chi connectivity index (χ0) is 17.6. The molecule has 1 aliphatic heterocycles. The van der Waals surface area contributed by atoms with Crippen LogP contribution in [0.4, 0.5) is 10.5 Å². The van der Waals surface area contributed by atoms with Crippen molar-refractivity contribution in [1.82, 2.24) is 10.2 Å². The molecule has 2 rings (SSSR count). The van der Waals surface area contributed by atoms with Crippen LogP contribution in [0.3, 0.4) is 0 Å². The minimum absolute atomic E-state index is 0.0318. The van der Waals surface area contributed by atoms with Crippen molar-refractivity contribution in [3.63, 3.8) is 0 Å². The normalized spacial score (nSPS) is 17.3. The number of rotatable bonds is 5. The van der Waals surface area contributed by atoms with Crippen LogP contribution in [0.25, 0.3) is 0 Å². The Morgan fingerprint density at radius 2 is 1.92 bits per heavy atom. The molecule has 1 atom stereocenters. The molecule has 0 spiro atoms. The third kappa shape index (κ3) is 5.41. The number of urea groups is 1. The van der Waals surface area contributed by atoms with Gasteiger partial charge in [-0.3, -0.25) is 0 Å². The van der Waals surface area contributed by atoms with E-state index in [1.165, 1.54) is 5.69 Å². The van der Waals surface area contributed by atoms with Gasteiger partial charge in [0.05, 0.1) is 5.60 Å². The Bertz CT molecular complexity index is 519. The van der Waals surface area contributed by atoms with Gasteiger partial charge >= 0.3 is 6.03 Å². The number of carbonyl (C=O) groups is 1. The van der Waals surface area contributed by atoms with Crippen LogP contribution >= 0.6 is 0 Å². The van der Waals surface area contributed by atoms with Crippen LogP contribution in [0.2, 0.25) is 0 Å². The van der Waals surface area contributed by atoms with E-state index in [0.29, 0.717) is 0 Å². The number of nitrogens with one attached hydrogen (secondary N) is 1. The Kier molecular flexibility index (Phi) is 6.49. The van der Waals surface area contributed by atoms with Gasteiger partial charge in [-0.1, -0.05) is 18.2 Å². The van der Waals surface area contributed by atoms with Crippen molar-refractivity contribution in [3.8, 4) is 0 Å². The van der Waals surface area contributed by atoms with E-state index in [9.17, 15) is 4.79 Å². The average molecular weight is 333 g/mol. The van der Waals surface area contributed by atoms with E-state index in [1.807, 2.05) is 31.7 Å². The summed E-state index contributed by atoms with van der Waals surface area (Å²) < 4.78 is 5.45. The molecule has 0 radical (unpaired) electrons. The molecule has 0 unspecified atom stereocenters. The first kappa shape index (κ1) is 18.6. The molecule has 0 bridgehead atoms. The fraction of sp³-hybridized carbons (Fsp3) is 0.632. The molecular weight excluding hydrogens is 302 g/mol. The molecule has 5 heteroatoms. The predicted molar refractivity (Wildman–Crippen MR) is 98.5 cm³/mol. The predicted octanol–water partition coefficient (Wildman–Crippen LogP) is 3.11. The third-order valence-electron chi connectivity index (χ3n) is 4.62. The highest BCUT2D eigenvalue weighted by Gasteiger charge is 2.24. The van der Waals surface area contributed by atoms with Crippen molar-refractivity contribution in [2.75, 3.05) is 38.2 Å². The minimum atomic E-state index is -0.227. The summed E-state index contributed by atoms with van der Waals surface area (Å²) in [5.41, 5.74) is 1.00. The van der Waals surface area contributed by atoms with Crippen molar-refractivity contribution >= 4 is 11.7 Å². The first-order valence-electron chi connectivity index (χ1n) is 8.82. The van der Waals surface area contributed by atoms with Crippen molar-refractivity contribution in [2.45, 2.75) is 45.3 Å². The SMILES string of the molecule is COC(C)(C)C[C@H](C)NC(=O)N1CCCN(c2ccccc2)CC1. The number of amides is 2. The van der Waals surface area contributed by atoms with E-state index in [0.717, 1.165) is 39.0 Å². The highest BCUT2D eigenvalue weighted by molar-refractivity contribution is 5.74. The van der Waals surface area contributed by atoms with Gasteiger partial charge in [0, 0.05) is 45.0 Å². The molecule has 0 saturated carbocycles. The lowest BCUT2D eigenvalue weighted by Gasteiger charge is -2.29. The van der Waals surface area contributed by atoms with E-state index >= 15 is 0 Å². The number of ether oxygens (including phenoxy) is 1. The summed E-state index contributed by atoms with van der Waals surface area (Å²) in [6, 6.07) is 10.5. The van der Waals surface area contributed by atoms with E-state index in [-0.39, 0.29) is 17.7 Å². The Morgan fingerprint density at radius 3 is 2.58 bits per heavy atom. The van der Waals surface area contributed by atoms with E-state index in [1.54, 1.807) is 7.11 Å². The summed E-state index contributed by atoms with van der Waals surface area (Å²) >= 11 is 0. The Hall–Kier alpha value is -1.75. The molecule has 0 aromatic heterocycles.